The van der Waals surface area contributed by atoms with Gasteiger partial charge in [-0.05, 0) is 56.2 Å². The normalized spacial score (nSPS) is 18.0. The number of nitrogens with zero attached hydrogens (tertiary/aromatic N) is 1. The second kappa shape index (κ2) is 9.55. The zero-order valence-electron chi connectivity index (χ0n) is 18.1. The number of amides is 3. The lowest BCUT2D eigenvalue weighted by Crippen LogP contribution is -2.41. The number of hydrogen-bond donors (Lipinski definition) is 1. The number of urea groups is 1. The highest BCUT2D eigenvalue weighted by Crippen LogP contribution is 2.30. The van der Waals surface area contributed by atoms with E-state index < -0.39 is 11.6 Å². The van der Waals surface area contributed by atoms with Gasteiger partial charge in [-0.3, -0.25) is 9.69 Å². The molecule has 1 heterocycles. The molecule has 3 rings (SSSR count). The van der Waals surface area contributed by atoms with Crippen LogP contribution >= 0.6 is 0 Å². The van der Waals surface area contributed by atoms with Gasteiger partial charge in [0.1, 0.15) is 24.5 Å². The first-order valence-corrected chi connectivity index (χ1v) is 10.2. The van der Waals surface area contributed by atoms with Crippen LogP contribution in [0.4, 0.5) is 4.79 Å². The van der Waals surface area contributed by atoms with E-state index in [4.69, 9.17) is 14.2 Å². The third-order valence-corrected chi connectivity index (χ3v) is 4.91. The third kappa shape index (κ3) is 4.99. The Labute approximate surface area is 182 Å². The van der Waals surface area contributed by atoms with Gasteiger partial charge in [0.25, 0.3) is 5.91 Å². The van der Waals surface area contributed by atoms with E-state index in [0.717, 1.165) is 5.57 Å². The summed E-state index contributed by atoms with van der Waals surface area (Å²) in [4.78, 5) is 26.8. The average Bonchev–Trinajstić information content (AvgIpc) is 2.97. The van der Waals surface area contributed by atoms with Crippen molar-refractivity contribution in [2.24, 2.45) is 0 Å². The molecule has 0 aliphatic carbocycles. The average molecular weight is 424 g/mol. The Balaban J connectivity index is 1.64. The number of rotatable bonds is 10. The summed E-state index contributed by atoms with van der Waals surface area (Å²) >= 11 is 0. The van der Waals surface area contributed by atoms with Gasteiger partial charge in [-0.1, -0.05) is 30.8 Å². The van der Waals surface area contributed by atoms with Crippen molar-refractivity contribution in [2.45, 2.75) is 26.3 Å². The molecule has 1 fully saturated rings. The van der Waals surface area contributed by atoms with Gasteiger partial charge in [-0.25, -0.2) is 4.79 Å². The second-order valence-electron chi connectivity index (χ2n) is 7.51. The van der Waals surface area contributed by atoms with Crippen LogP contribution in [-0.2, 0) is 10.3 Å². The van der Waals surface area contributed by atoms with E-state index in [0.29, 0.717) is 36.0 Å². The van der Waals surface area contributed by atoms with Gasteiger partial charge in [0, 0.05) is 0 Å². The van der Waals surface area contributed by atoms with E-state index in [1.807, 2.05) is 32.0 Å². The standard InChI is InChI=1S/C24H28N2O5/c1-5-29-20-8-6-7-9-21(20)30-15-14-26-22(27)24(4,25-23(26)28)18-10-12-19(13-11-18)31-16-17(2)3/h6-13H,2,5,14-16H2,1,3-4H3,(H,25,28). The van der Waals surface area contributed by atoms with Gasteiger partial charge in [0.2, 0.25) is 0 Å². The van der Waals surface area contributed by atoms with Gasteiger partial charge in [0.05, 0.1) is 13.2 Å². The molecular weight excluding hydrogens is 396 g/mol. The Bertz CT molecular complexity index is 957. The first kappa shape index (κ1) is 22.2. The van der Waals surface area contributed by atoms with Crippen LogP contribution in [0.1, 0.15) is 26.3 Å². The van der Waals surface area contributed by atoms with E-state index in [2.05, 4.69) is 11.9 Å². The number of benzene rings is 2. The zero-order chi connectivity index (χ0) is 22.4. The summed E-state index contributed by atoms with van der Waals surface area (Å²) in [5, 5.41) is 2.80. The minimum Gasteiger partial charge on any atom is -0.490 e. The summed E-state index contributed by atoms with van der Waals surface area (Å²) in [5.41, 5.74) is 0.447. The summed E-state index contributed by atoms with van der Waals surface area (Å²) < 4.78 is 16.9. The van der Waals surface area contributed by atoms with Crippen molar-refractivity contribution in [3.8, 4) is 17.2 Å². The molecule has 0 spiro atoms. The van der Waals surface area contributed by atoms with Crippen molar-refractivity contribution in [2.75, 3.05) is 26.4 Å². The third-order valence-electron chi connectivity index (χ3n) is 4.91. The molecule has 1 saturated heterocycles. The SMILES string of the molecule is C=C(C)COc1ccc(C2(C)NC(=O)N(CCOc3ccccc3OCC)C2=O)cc1. The minimum atomic E-state index is -1.15. The lowest BCUT2D eigenvalue weighted by Gasteiger charge is -2.22. The lowest BCUT2D eigenvalue weighted by atomic mass is 9.92. The molecule has 164 valence electrons. The number of hydrogen-bond acceptors (Lipinski definition) is 5. The summed E-state index contributed by atoms with van der Waals surface area (Å²) in [5.74, 6) is 1.55. The molecule has 1 aliphatic heterocycles. The van der Waals surface area contributed by atoms with E-state index in [9.17, 15) is 9.59 Å². The summed E-state index contributed by atoms with van der Waals surface area (Å²) in [7, 11) is 0. The van der Waals surface area contributed by atoms with Gasteiger partial charge in [-0.2, -0.15) is 0 Å². The van der Waals surface area contributed by atoms with Crippen molar-refractivity contribution in [3.63, 3.8) is 0 Å². The molecule has 3 amide bonds. The molecule has 2 aromatic rings. The van der Waals surface area contributed by atoms with Crippen LogP contribution in [0.3, 0.4) is 0 Å². The van der Waals surface area contributed by atoms with E-state index >= 15 is 0 Å². The van der Waals surface area contributed by atoms with Crippen LogP contribution < -0.4 is 19.5 Å². The maximum Gasteiger partial charge on any atom is 0.325 e. The fraction of sp³-hybridized carbons (Fsp3) is 0.333. The van der Waals surface area contributed by atoms with Crippen LogP contribution in [0.15, 0.2) is 60.7 Å². The van der Waals surface area contributed by atoms with Crippen molar-refractivity contribution in [3.05, 3.63) is 66.2 Å². The summed E-state index contributed by atoms with van der Waals surface area (Å²) in [6.45, 7) is 10.5. The lowest BCUT2D eigenvalue weighted by molar-refractivity contribution is -0.131. The van der Waals surface area contributed by atoms with Gasteiger partial charge in [-0.15, -0.1) is 0 Å². The molecule has 1 unspecified atom stereocenters. The highest BCUT2D eigenvalue weighted by atomic mass is 16.5. The topological polar surface area (TPSA) is 77.1 Å². The predicted octanol–water partition coefficient (Wildman–Crippen LogP) is 3.89. The zero-order valence-corrected chi connectivity index (χ0v) is 18.1. The van der Waals surface area contributed by atoms with E-state index in [1.165, 1.54) is 4.90 Å². The molecular formula is C24H28N2O5. The Morgan fingerprint density at radius 1 is 1.03 bits per heavy atom. The Morgan fingerprint density at radius 2 is 1.68 bits per heavy atom. The van der Waals surface area contributed by atoms with Crippen molar-refractivity contribution in [1.82, 2.24) is 10.2 Å². The van der Waals surface area contributed by atoms with E-state index in [1.54, 1.807) is 37.3 Å². The monoisotopic (exact) mass is 424 g/mol. The van der Waals surface area contributed by atoms with Crippen molar-refractivity contribution in [1.29, 1.82) is 0 Å². The second-order valence-corrected chi connectivity index (χ2v) is 7.51. The first-order valence-electron chi connectivity index (χ1n) is 10.2. The number of carbonyl (C=O) groups excluding carboxylic acids is 2. The highest BCUT2D eigenvalue weighted by Gasteiger charge is 2.48. The number of para-hydroxylation sites is 2. The highest BCUT2D eigenvalue weighted by molar-refractivity contribution is 6.07. The molecule has 0 aromatic heterocycles. The fourth-order valence-electron chi connectivity index (χ4n) is 3.28. The summed E-state index contributed by atoms with van der Waals surface area (Å²) in [6, 6.07) is 14.0. The van der Waals surface area contributed by atoms with Crippen LogP contribution in [-0.4, -0.2) is 43.2 Å². The molecule has 1 N–H and O–H groups in total. The van der Waals surface area contributed by atoms with E-state index in [-0.39, 0.29) is 19.1 Å². The smallest absolute Gasteiger partial charge is 0.325 e. The van der Waals surface area contributed by atoms with Gasteiger partial charge < -0.3 is 19.5 Å². The quantitative estimate of drug-likeness (QED) is 0.463. The van der Waals surface area contributed by atoms with Crippen LogP contribution in [0.25, 0.3) is 0 Å². The maximum atomic E-state index is 13.1. The van der Waals surface area contributed by atoms with Crippen LogP contribution in [0.5, 0.6) is 17.2 Å². The number of carbonyl (C=O) groups is 2. The Morgan fingerprint density at radius 3 is 2.29 bits per heavy atom. The Hall–Kier alpha value is -3.48. The summed E-state index contributed by atoms with van der Waals surface area (Å²) in [6.07, 6.45) is 0. The molecule has 1 aliphatic rings. The molecule has 0 radical (unpaired) electrons. The molecule has 1 atom stereocenters. The van der Waals surface area contributed by atoms with Crippen LogP contribution in [0.2, 0.25) is 0 Å². The number of imide groups is 1. The predicted molar refractivity (Wildman–Crippen MR) is 117 cm³/mol. The van der Waals surface area contributed by atoms with Gasteiger partial charge >= 0.3 is 6.03 Å². The molecule has 7 nitrogen and oxygen atoms in total. The van der Waals surface area contributed by atoms with Crippen molar-refractivity contribution >= 4 is 11.9 Å². The fourth-order valence-corrected chi connectivity index (χ4v) is 3.28. The first-order chi connectivity index (χ1) is 14.8. The maximum absolute atomic E-state index is 13.1. The van der Waals surface area contributed by atoms with Gasteiger partial charge in [0.15, 0.2) is 11.5 Å². The molecule has 0 saturated carbocycles. The van der Waals surface area contributed by atoms with Crippen LogP contribution in [0, 0.1) is 0 Å². The number of nitrogens with one attached hydrogen (secondary N) is 1. The molecule has 2 aromatic carbocycles. The Kier molecular flexibility index (Phi) is 6.84. The largest absolute Gasteiger partial charge is 0.490 e. The minimum absolute atomic E-state index is 0.126. The molecule has 0 bridgehead atoms. The number of ether oxygens (including phenoxy) is 3. The molecule has 7 heteroatoms. The molecule has 31 heavy (non-hydrogen) atoms. The van der Waals surface area contributed by atoms with Crippen molar-refractivity contribution < 1.29 is 23.8 Å².